The minimum absolute atomic E-state index is 0.341. The zero-order chi connectivity index (χ0) is 6.97. The van der Waals surface area contributed by atoms with Gasteiger partial charge in [-0.3, -0.25) is 0 Å². The van der Waals surface area contributed by atoms with E-state index in [1.807, 2.05) is 18.2 Å². The highest BCUT2D eigenvalue weighted by Crippen LogP contribution is 2.26. The van der Waals surface area contributed by atoms with Crippen molar-refractivity contribution >= 4 is 0 Å². The second-order valence-corrected chi connectivity index (χ2v) is 2.65. The van der Waals surface area contributed by atoms with E-state index in [4.69, 9.17) is 4.74 Å². The van der Waals surface area contributed by atoms with E-state index in [2.05, 4.69) is 13.0 Å². The van der Waals surface area contributed by atoms with Gasteiger partial charge < -0.3 is 4.74 Å². The maximum absolute atomic E-state index is 5.48. The Balaban J connectivity index is 2.42. The van der Waals surface area contributed by atoms with Gasteiger partial charge in [-0.1, -0.05) is 12.1 Å². The van der Waals surface area contributed by atoms with Gasteiger partial charge in [0.25, 0.3) is 0 Å². The standard InChI is InChI=1S/C9H9O/c1-7-6-8-4-2-3-5-9(8)10-7/h2-3,5,7H,6H2,1H3. The summed E-state index contributed by atoms with van der Waals surface area (Å²) in [5.74, 6) is 1.01. The third-order valence-electron chi connectivity index (χ3n) is 1.72. The molecule has 1 radical (unpaired) electrons. The molecular formula is C9H9O. The SMILES string of the molecule is CC1Cc2[c]cccc2O1. The molecule has 51 valence electrons. The molecule has 0 saturated carbocycles. The quantitative estimate of drug-likeness (QED) is 0.524. The molecule has 1 aliphatic heterocycles. The Labute approximate surface area is 60.6 Å². The molecule has 1 aromatic carbocycles. The predicted octanol–water partition coefficient (Wildman–Crippen LogP) is 1.81. The molecule has 0 aromatic heterocycles. The number of hydrogen-bond donors (Lipinski definition) is 0. The normalized spacial score (nSPS) is 21.9. The number of benzene rings is 1. The van der Waals surface area contributed by atoms with Crippen molar-refractivity contribution < 1.29 is 4.74 Å². The maximum atomic E-state index is 5.48. The van der Waals surface area contributed by atoms with Crippen LogP contribution in [0.4, 0.5) is 0 Å². The van der Waals surface area contributed by atoms with Crippen molar-refractivity contribution in [1.29, 1.82) is 0 Å². The lowest BCUT2D eigenvalue weighted by Gasteiger charge is -2.00. The second-order valence-electron chi connectivity index (χ2n) is 2.65. The van der Waals surface area contributed by atoms with E-state index in [1.54, 1.807) is 0 Å². The minimum atomic E-state index is 0.341. The summed E-state index contributed by atoms with van der Waals surface area (Å²) in [7, 11) is 0. The van der Waals surface area contributed by atoms with Gasteiger partial charge in [0.1, 0.15) is 11.9 Å². The van der Waals surface area contributed by atoms with Crippen LogP contribution < -0.4 is 4.74 Å². The van der Waals surface area contributed by atoms with Crippen molar-refractivity contribution in [2.45, 2.75) is 19.4 Å². The summed E-state index contributed by atoms with van der Waals surface area (Å²) in [6.45, 7) is 2.08. The van der Waals surface area contributed by atoms with Crippen molar-refractivity contribution in [2.24, 2.45) is 0 Å². The highest BCUT2D eigenvalue weighted by molar-refractivity contribution is 5.35. The number of rotatable bonds is 0. The molecular weight excluding hydrogens is 124 g/mol. The zero-order valence-corrected chi connectivity index (χ0v) is 5.92. The Hall–Kier alpha value is -0.980. The first-order chi connectivity index (χ1) is 4.86. The van der Waals surface area contributed by atoms with Gasteiger partial charge in [-0.15, -0.1) is 0 Å². The lowest BCUT2D eigenvalue weighted by atomic mass is 10.1. The first kappa shape index (κ1) is 5.78. The van der Waals surface area contributed by atoms with Gasteiger partial charge in [0.15, 0.2) is 0 Å². The van der Waals surface area contributed by atoms with Gasteiger partial charge >= 0.3 is 0 Å². The molecule has 0 amide bonds. The second kappa shape index (κ2) is 2.01. The molecule has 0 bridgehead atoms. The summed E-state index contributed by atoms with van der Waals surface area (Å²) in [5.41, 5.74) is 1.22. The number of hydrogen-bond acceptors (Lipinski definition) is 1. The van der Waals surface area contributed by atoms with Gasteiger partial charge in [0.2, 0.25) is 0 Å². The monoisotopic (exact) mass is 133 g/mol. The zero-order valence-electron chi connectivity index (χ0n) is 5.92. The van der Waals surface area contributed by atoms with E-state index in [0.29, 0.717) is 6.10 Å². The Morgan fingerprint density at radius 1 is 1.70 bits per heavy atom. The molecule has 1 aliphatic rings. The van der Waals surface area contributed by atoms with E-state index >= 15 is 0 Å². The molecule has 0 N–H and O–H groups in total. The molecule has 10 heavy (non-hydrogen) atoms. The summed E-state index contributed by atoms with van der Waals surface area (Å²) in [6.07, 6.45) is 1.35. The van der Waals surface area contributed by atoms with E-state index in [1.165, 1.54) is 5.56 Å². The van der Waals surface area contributed by atoms with E-state index in [9.17, 15) is 0 Å². The van der Waals surface area contributed by atoms with E-state index < -0.39 is 0 Å². The topological polar surface area (TPSA) is 9.23 Å². The van der Waals surface area contributed by atoms with Crippen LogP contribution in [0.3, 0.4) is 0 Å². The summed E-state index contributed by atoms with van der Waals surface area (Å²) in [6, 6.07) is 9.04. The largest absolute Gasteiger partial charge is 0.490 e. The van der Waals surface area contributed by atoms with Gasteiger partial charge in [-0.25, -0.2) is 0 Å². The van der Waals surface area contributed by atoms with Crippen LogP contribution in [0, 0.1) is 6.07 Å². The summed E-state index contributed by atoms with van der Waals surface area (Å²) in [5, 5.41) is 0. The summed E-state index contributed by atoms with van der Waals surface area (Å²) >= 11 is 0. The Kier molecular flexibility index (Phi) is 1.16. The lowest BCUT2D eigenvalue weighted by Crippen LogP contribution is -2.05. The van der Waals surface area contributed by atoms with Gasteiger partial charge in [-0.05, 0) is 19.1 Å². The average molecular weight is 133 g/mol. The van der Waals surface area contributed by atoms with Crippen molar-refractivity contribution in [3.05, 3.63) is 29.8 Å². The van der Waals surface area contributed by atoms with Crippen LogP contribution in [0.1, 0.15) is 12.5 Å². The lowest BCUT2D eigenvalue weighted by molar-refractivity contribution is 0.254. The van der Waals surface area contributed by atoms with Crippen LogP contribution in [0.25, 0.3) is 0 Å². The van der Waals surface area contributed by atoms with Crippen LogP contribution in [0.2, 0.25) is 0 Å². The molecule has 2 rings (SSSR count). The smallest absolute Gasteiger partial charge is 0.123 e. The van der Waals surface area contributed by atoms with Crippen LogP contribution in [0.5, 0.6) is 5.75 Å². The number of ether oxygens (including phenoxy) is 1. The van der Waals surface area contributed by atoms with Crippen LogP contribution >= 0.6 is 0 Å². The minimum Gasteiger partial charge on any atom is -0.490 e. The van der Waals surface area contributed by atoms with Gasteiger partial charge in [0.05, 0.1) is 0 Å². The van der Waals surface area contributed by atoms with Gasteiger partial charge in [-0.2, -0.15) is 0 Å². The predicted molar refractivity (Wildman–Crippen MR) is 39.1 cm³/mol. The third-order valence-corrected chi connectivity index (χ3v) is 1.72. The van der Waals surface area contributed by atoms with Gasteiger partial charge in [0, 0.05) is 12.0 Å². The molecule has 0 saturated heterocycles. The Morgan fingerprint density at radius 3 is 3.40 bits per heavy atom. The molecule has 1 atom stereocenters. The van der Waals surface area contributed by atoms with Crippen LogP contribution in [0.15, 0.2) is 18.2 Å². The molecule has 1 unspecified atom stereocenters. The highest BCUT2D eigenvalue weighted by Gasteiger charge is 2.17. The Morgan fingerprint density at radius 2 is 2.60 bits per heavy atom. The van der Waals surface area contributed by atoms with Crippen molar-refractivity contribution in [3.8, 4) is 5.75 Å². The molecule has 1 nitrogen and oxygen atoms in total. The molecule has 1 aromatic rings. The van der Waals surface area contributed by atoms with Crippen LogP contribution in [-0.2, 0) is 6.42 Å². The average Bonchev–Trinajstić information content (AvgIpc) is 2.27. The number of fused-ring (bicyclic) bond motifs is 1. The van der Waals surface area contributed by atoms with E-state index in [-0.39, 0.29) is 0 Å². The van der Waals surface area contributed by atoms with Crippen molar-refractivity contribution in [3.63, 3.8) is 0 Å². The van der Waals surface area contributed by atoms with E-state index in [0.717, 1.165) is 12.2 Å². The summed E-state index contributed by atoms with van der Waals surface area (Å²) < 4.78 is 5.48. The Bertz CT molecular complexity index is 217. The molecule has 0 aliphatic carbocycles. The molecule has 1 heterocycles. The summed E-state index contributed by atoms with van der Waals surface area (Å²) in [4.78, 5) is 0. The fourth-order valence-corrected chi connectivity index (χ4v) is 1.27. The van der Waals surface area contributed by atoms with Crippen molar-refractivity contribution in [2.75, 3.05) is 0 Å². The maximum Gasteiger partial charge on any atom is 0.123 e. The molecule has 0 spiro atoms. The highest BCUT2D eigenvalue weighted by atomic mass is 16.5. The fraction of sp³-hybridized carbons (Fsp3) is 0.333. The fourth-order valence-electron chi connectivity index (χ4n) is 1.27. The molecule has 1 heteroatoms. The third kappa shape index (κ3) is 0.783. The first-order valence-electron chi connectivity index (χ1n) is 3.52. The van der Waals surface area contributed by atoms with Crippen LogP contribution in [-0.4, -0.2) is 6.10 Å². The first-order valence-corrected chi connectivity index (χ1v) is 3.52. The molecule has 0 fully saturated rings. The van der Waals surface area contributed by atoms with Crippen molar-refractivity contribution in [1.82, 2.24) is 0 Å².